The van der Waals surface area contributed by atoms with Gasteiger partial charge >= 0.3 is 0 Å². The van der Waals surface area contributed by atoms with Crippen LogP contribution >= 0.6 is 0 Å². The van der Waals surface area contributed by atoms with Gasteiger partial charge in [0.15, 0.2) is 0 Å². The Morgan fingerprint density at radius 1 is 1.17 bits per heavy atom. The van der Waals surface area contributed by atoms with Gasteiger partial charge in [-0.15, -0.1) is 0 Å². The Morgan fingerprint density at radius 3 is 2.44 bits per heavy atom. The summed E-state index contributed by atoms with van der Waals surface area (Å²) in [7, 11) is -3.17. The summed E-state index contributed by atoms with van der Waals surface area (Å²) in [6, 6.07) is 0. The Bertz CT molecular complexity index is 362. The largest absolute Gasteiger partial charge is 0.391 e. The lowest BCUT2D eigenvalue weighted by Crippen LogP contribution is -2.47. The highest BCUT2D eigenvalue weighted by Crippen LogP contribution is 2.27. The van der Waals surface area contributed by atoms with E-state index < -0.39 is 16.1 Å². The Kier molecular flexibility index (Phi) is 4.67. The molecule has 1 saturated heterocycles. The number of sulfonamides is 1. The van der Waals surface area contributed by atoms with Crippen molar-refractivity contribution in [2.24, 2.45) is 11.8 Å². The molecule has 0 amide bonds. The van der Waals surface area contributed by atoms with E-state index in [0.29, 0.717) is 12.5 Å². The van der Waals surface area contributed by atoms with Gasteiger partial charge < -0.3 is 5.11 Å². The van der Waals surface area contributed by atoms with Crippen LogP contribution in [0.15, 0.2) is 0 Å². The normalized spacial score (nSPS) is 32.6. The average molecular weight is 275 g/mol. The second-order valence-corrected chi connectivity index (χ2v) is 7.99. The molecule has 2 aliphatic rings. The van der Waals surface area contributed by atoms with E-state index in [1.165, 1.54) is 23.6 Å². The van der Waals surface area contributed by atoms with Crippen LogP contribution in [0.2, 0.25) is 0 Å². The Hall–Kier alpha value is -0.130. The standard InChI is InChI=1S/C13H25NO3S/c1-11-7-8-14(9-13(11)15)18(16,17)10-12-5-3-2-4-6-12/h11-13,15H,2-10H2,1H3. The Morgan fingerprint density at radius 2 is 1.83 bits per heavy atom. The average Bonchev–Trinajstić information content (AvgIpc) is 2.33. The van der Waals surface area contributed by atoms with Crippen molar-refractivity contribution >= 4 is 10.0 Å². The molecule has 0 aromatic heterocycles. The van der Waals surface area contributed by atoms with Crippen LogP contribution in [0.5, 0.6) is 0 Å². The van der Waals surface area contributed by atoms with E-state index in [1.807, 2.05) is 6.92 Å². The van der Waals surface area contributed by atoms with Crippen molar-refractivity contribution in [1.29, 1.82) is 0 Å². The monoisotopic (exact) mass is 275 g/mol. The molecule has 4 nitrogen and oxygen atoms in total. The summed E-state index contributed by atoms with van der Waals surface area (Å²) in [4.78, 5) is 0. The van der Waals surface area contributed by atoms with Crippen molar-refractivity contribution in [2.75, 3.05) is 18.8 Å². The van der Waals surface area contributed by atoms with Crippen molar-refractivity contribution < 1.29 is 13.5 Å². The van der Waals surface area contributed by atoms with Crippen LogP contribution in [0.1, 0.15) is 45.4 Å². The van der Waals surface area contributed by atoms with Gasteiger partial charge in [0.2, 0.25) is 10.0 Å². The number of hydrogen-bond acceptors (Lipinski definition) is 3. The zero-order chi connectivity index (χ0) is 13.2. The summed E-state index contributed by atoms with van der Waals surface area (Å²) < 4.78 is 26.1. The molecule has 1 heterocycles. The van der Waals surface area contributed by atoms with Crippen molar-refractivity contribution in [2.45, 2.75) is 51.6 Å². The number of nitrogens with zero attached hydrogens (tertiary/aromatic N) is 1. The molecule has 1 aliphatic carbocycles. The van der Waals surface area contributed by atoms with Gasteiger partial charge in [0.05, 0.1) is 11.9 Å². The molecule has 2 fully saturated rings. The highest BCUT2D eigenvalue weighted by Gasteiger charge is 2.33. The van der Waals surface area contributed by atoms with Gasteiger partial charge in [-0.2, -0.15) is 4.31 Å². The quantitative estimate of drug-likeness (QED) is 0.851. The zero-order valence-corrected chi connectivity index (χ0v) is 12.0. The van der Waals surface area contributed by atoms with Gasteiger partial charge in [-0.3, -0.25) is 0 Å². The van der Waals surface area contributed by atoms with Crippen LogP contribution in [0, 0.1) is 11.8 Å². The minimum atomic E-state index is -3.17. The van der Waals surface area contributed by atoms with Gasteiger partial charge in [-0.25, -0.2) is 8.42 Å². The van der Waals surface area contributed by atoms with Crippen molar-refractivity contribution in [1.82, 2.24) is 4.31 Å². The molecule has 5 heteroatoms. The number of aliphatic hydroxyl groups is 1. The summed E-state index contributed by atoms with van der Waals surface area (Å²) in [6.07, 6.45) is 5.94. The fourth-order valence-electron chi connectivity index (χ4n) is 3.03. The molecule has 0 spiro atoms. The van der Waals surface area contributed by atoms with Crippen LogP contribution in [0.25, 0.3) is 0 Å². The zero-order valence-electron chi connectivity index (χ0n) is 11.2. The first-order chi connectivity index (χ1) is 8.49. The number of hydrogen-bond donors (Lipinski definition) is 1. The molecule has 106 valence electrons. The van der Waals surface area contributed by atoms with E-state index in [0.717, 1.165) is 19.3 Å². The smallest absolute Gasteiger partial charge is 0.214 e. The van der Waals surface area contributed by atoms with Gasteiger partial charge in [-0.05, 0) is 31.1 Å². The highest BCUT2D eigenvalue weighted by molar-refractivity contribution is 7.89. The van der Waals surface area contributed by atoms with Gasteiger partial charge in [-0.1, -0.05) is 26.2 Å². The molecule has 1 saturated carbocycles. The maximum Gasteiger partial charge on any atom is 0.214 e. The fraction of sp³-hybridized carbons (Fsp3) is 1.00. The van der Waals surface area contributed by atoms with Gasteiger partial charge in [0.1, 0.15) is 0 Å². The number of piperidine rings is 1. The SMILES string of the molecule is CC1CCN(S(=O)(=O)CC2CCCCC2)CC1O. The lowest BCUT2D eigenvalue weighted by molar-refractivity contribution is 0.0603. The molecule has 2 rings (SSSR count). The maximum absolute atomic E-state index is 12.3. The molecular formula is C13H25NO3S. The first-order valence-electron chi connectivity index (χ1n) is 7.15. The Labute approximate surface area is 110 Å². The van der Waals surface area contributed by atoms with Gasteiger partial charge in [0, 0.05) is 13.1 Å². The van der Waals surface area contributed by atoms with E-state index in [-0.39, 0.29) is 18.2 Å². The first kappa shape index (κ1) is 14.3. The van der Waals surface area contributed by atoms with Crippen LogP contribution in [0.3, 0.4) is 0 Å². The third-order valence-corrected chi connectivity index (χ3v) is 6.46. The highest BCUT2D eigenvalue weighted by atomic mass is 32.2. The Balaban J connectivity index is 1.93. The van der Waals surface area contributed by atoms with E-state index in [4.69, 9.17) is 0 Å². The molecule has 1 N–H and O–H groups in total. The number of aliphatic hydroxyl groups excluding tert-OH is 1. The lowest BCUT2D eigenvalue weighted by atomic mass is 9.91. The summed E-state index contributed by atoms with van der Waals surface area (Å²) in [5, 5.41) is 9.81. The second-order valence-electron chi connectivity index (χ2n) is 5.97. The molecule has 0 aromatic rings. The molecule has 0 radical (unpaired) electrons. The van der Waals surface area contributed by atoms with E-state index in [9.17, 15) is 13.5 Å². The van der Waals surface area contributed by atoms with Crippen molar-refractivity contribution in [3.8, 4) is 0 Å². The lowest BCUT2D eigenvalue weighted by Gasteiger charge is -2.34. The van der Waals surface area contributed by atoms with E-state index in [1.54, 1.807) is 0 Å². The second kappa shape index (κ2) is 5.88. The minimum Gasteiger partial charge on any atom is -0.391 e. The summed E-state index contributed by atoms with van der Waals surface area (Å²) in [5.41, 5.74) is 0. The molecule has 1 aliphatic heterocycles. The maximum atomic E-state index is 12.3. The van der Waals surface area contributed by atoms with Crippen LogP contribution in [0.4, 0.5) is 0 Å². The molecule has 0 aromatic carbocycles. The van der Waals surface area contributed by atoms with E-state index in [2.05, 4.69) is 0 Å². The molecule has 2 unspecified atom stereocenters. The van der Waals surface area contributed by atoms with Crippen molar-refractivity contribution in [3.05, 3.63) is 0 Å². The van der Waals surface area contributed by atoms with Crippen LogP contribution in [-0.4, -0.2) is 42.8 Å². The summed E-state index contributed by atoms with van der Waals surface area (Å²) >= 11 is 0. The van der Waals surface area contributed by atoms with Crippen LogP contribution < -0.4 is 0 Å². The molecule has 18 heavy (non-hydrogen) atoms. The topological polar surface area (TPSA) is 57.6 Å². The van der Waals surface area contributed by atoms with Gasteiger partial charge in [0.25, 0.3) is 0 Å². The summed E-state index contributed by atoms with van der Waals surface area (Å²) in [5.74, 6) is 0.833. The third-order valence-electron chi connectivity index (χ3n) is 4.45. The number of β-amino-alcohol motifs (C(OH)–C–C–N with tert-alkyl or cyclic N) is 1. The van der Waals surface area contributed by atoms with Crippen LogP contribution in [-0.2, 0) is 10.0 Å². The fourth-order valence-corrected chi connectivity index (χ4v) is 4.93. The van der Waals surface area contributed by atoms with E-state index >= 15 is 0 Å². The summed E-state index contributed by atoms with van der Waals surface area (Å²) in [6.45, 7) is 2.85. The number of rotatable bonds is 3. The molecule has 2 atom stereocenters. The molecular weight excluding hydrogens is 250 g/mol. The predicted octanol–water partition coefficient (Wildman–Crippen LogP) is 1.60. The van der Waals surface area contributed by atoms with Crippen molar-refractivity contribution in [3.63, 3.8) is 0 Å². The molecule has 0 bridgehead atoms. The predicted molar refractivity (Wildman–Crippen MR) is 71.7 cm³/mol. The first-order valence-corrected chi connectivity index (χ1v) is 8.76. The third kappa shape index (κ3) is 3.45. The minimum absolute atomic E-state index is 0.214.